The molecule has 142 valence electrons. The Morgan fingerprint density at radius 2 is 1.96 bits per heavy atom. The molecule has 0 spiro atoms. The second-order valence-corrected chi connectivity index (χ2v) is 8.09. The van der Waals surface area contributed by atoms with Crippen molar-refractivity contribution in [3.05, 3.63) is 20.8 Å². The fraction of sp³-hybridized carbons (Fsp3) is 0.706. The lowest BCUT2D eigenvalue weighted by Gasteiger charge is -2.35. The van der Waals surface area contributed by atoms with Crippen LogP contribution >= 0.6 is 11.8 Å². The maximum atomic E-state index is 12.0. The highest BCUT2D eigenvalue weighted by atomic mass is 32.2. The summed E-state index contributed by atoms with van der Waals surface area (Å²) in [7, 11) is 2.86. The van der Waals surface area contributed by atoms with Crippen molar-refractivity contribution in [1.29, 1.82) is 0 Å². The highest BCUT2D eigenvalue weighted by Crippen LogP contribution is 2.39. The standard InChI is InChI=1S/C17H25N5O3S/c1-21-16(24)15(20-22(2)17(21)25)26-10-14(23)19-18-13-8-7-11-5-3-4-6-12(11)9-13/h11-12H,3-10H2,1-2H3,(H,19,23)/b18-13-/t11-,12-/m0/s1. The first kappa shape index (κ1) is 18.9. The van der Waals surface area contributed by atoms with Gasteiger partial charge in [-0.05, 0) is 37.5 Å². The normalized spacial score (nSPS) is 24.3. The summed E-state index contributed by atoms with van der Waals surface area (Å²) < 4.78 is 2.07. The molecule has 0 bridgehead atoms. The van der Waals surface area contributed by atoms with Crippen LogP contribution in [-0.2, 0) is 18.9 Å². The van der Waals surface area contributed by atoms with Crippen LogP contribution in [0.1, 0.15) is 44.9 Å². The van der Waals surface area contributed by atoms with Gasteiger partial charge in [-0.25, -0.2) is 14.9 Å². The van der Waals surface area contributed by atoms with Crippen LogP contribution in [0.5, 0.6) is 0 Å². The minimum Gasteiger partial charge on any atom is -0.272 e. The Balaban J connectivity index is 1.53. The van der Waals surface area contributed by atoms with Gasteiger partial charge in [-0.2, -0.15) is 10.2 Å². The van der Waals surface area contributed by atoms with Crippen molar-refractivity contribution in [2.75, 3.05) is 5.75 Å². The molecule has 1 heterocycles. The van der Waals surface area contributed by atoms with Gasteiger partial charge in [0.25, 0.3) is 5.56 Å². The lowest BCUT2D eigenvalue weighted by molar-refractivity contribution is -0.118. The third-order valence-corrected chi connectivity index (χ3v) is 6.28. The molecule has 2 atom stereocenters. The molecule has 0 radical (unpaired) electrons. The molecule has 2 fully saturated rings. The number of hydrogen-bond acceptors (Lipinski definition) is 6. The maximum Gasteiger partial charge on any atom is 0.346 e. The quantitative estimate of drug-likeness (QED) is 0.622. The van der Waals surface area contributed by atoms with E-state index in [1.807, 2.05) is 0 Å². The molecule has 1 aromatic rings. The van der Waals surface area contributed by atoms with Gasteiger partial charge in [0.15, 0.2) is 5.03 Å². The number of nitrogens with one attached hydrogen (secondary N) is 1. The zero-order valence-electron chi connectivity index (χ0n) is 15.2. The van der Waals surface area contributed by atoms with E-state index in [0.717, 1.165) is 51.4 Å². The lowest BCUT2D eigenvalue weighted by atomic mass is 9.70. The number of fused-ring (bicyclic) bond motifs is 1. The molecule has 0 unspecified atom stereocenters. The number of carbonyl (C=O) groups is 1. The molecule has 1 amide bonds. The fourth-order valence-electron chi connectivity index (χ4n) is 3.86. The van der Waals surface area contributed by atoms with Crippen LogP contribution in [0.25, 0.3) is 0 Å². The van der Waals surface area contributed by atoms with E-state index < -0.39 is 11.2 Å². The van der Waals surface area contributed by atoms with E-state index in [1.165, 1.54) is 46.2 Å². The van der Waals surface area contributed by atoms with Crippen LogP contribution in [0.4, 0.5) is 0 Å². The molecular formula is C17H25N5O3S. The number of carbonyl (C=O) groups excluding carboxylic acids is 1. The van der Waals surface area contributed by atoms with Crippen LogP contribution in [0.15, 0.2) is 19.7 Å². The topological polar surface area (TPSA) is 98.3 Å². The highest BCUT2D eigenvalue weighted by molar-refractivity contribution is 7.99. The average Bonchev–Trinajstić information content (AvgIpc) is 2.66. The first-order valence-corrected chi connectivity index (χ1v) is 10.1. The Morgan fingerprint density at radius 3 is 2.73 bits per heavy atom. The van der Waals surface area contributed by atoms with Crippen molar-refractivity contribution in [3.63, 3.8) is 0 Å². The summed E-state index contributed by atoms with van der Waals surface area (Å²) in [5.74, 6) is 1.32. The number of rotatable bonds is 4. The molecule has 26 heavy (non-hydrogen) atoms. The van der Waals surface area contributed by atoms with Crippen molar-refractivity contribution >= 4 is 23.4 Å². The monoisotopic (exact) mass is 379 g/mol. The molecule has 0 aliphatic heterocycles. The lowest BCUT2D eigenvalue weighted by Crippen LogP contribution is -2.39. The van der Waals surface area contributed by atoms with E-state index >= 15 is 0 Å². The fourth-order valence-corrected chi connectivity index (χ4v) is 4.63. The molecule has 9 heteroatoms. The molecule has 1 N–H and O–H groups in total. The minimum absolute atomic E-state index is 0.0310. The Labute approximate surface area is 156 Å². The summed E-state index contributed by atoms with van der Waals surface area (Å²) >= 11 is 1.01. The number of aryl methyl sites for hydroxylation is 1. The van der Waals surface area contributed by atoms with Crippen LogP contribution in [0.2, 0.25) is 0 Å². The molecule has 3 rings (SSSR count). The SMILES string of the molecule is Cn1nc(SCC(=O)N/N=C2/CC[C@@H]3CCCC[C@H]3C2)c(=O)n(C)c1=O. The molecule has 0 saturated heterocycles. The van der Waals surface area contributed by atoms with Gasteiger partial charge in [0.05, 0.1) is 5.75 Å². The Kier molecular flexibility index (Phi) is 5.95. The highest BCUT2D eigenvalue weighted by Gasteiger charge is 2.30. The summed E-state index contributed by atoms with van der Waals surface area (Å²) in [5, 5.41) is 8.35. The Morgan fingerprint density at radius 1 is 1.23 bits per heavy atom. The summed E-state index contributed by atoms with van der Waals surface area (Å²) in [5.41, 5.74) is 2.69. The molecule has 0 aromatic carbocycles. The summed E-state index contributed by atoms with van der Waals surface area (Å²) in [6.45, 7) is 0. The molecule has 1 aromatic heterocycles. The number of thioether (sulfide) groups is 1. The summed E-state index contributed by atoms with van der Waals surface area (Å²) in [6, 6.07) is 0. The van der Waals surface area contributed by atoms with Crippen LogP contribution in [-0.4, -0.2) is 31.7 Å². The van der Waals surface area contributed by atoms with Gasteiger partial charge in [-0.15, -0.1) is 0 Å². The predicted molar refractivity (Wildman–Crippen MR) is 100 cm³/mol. The molecule has 2 aliphatic carbocycles. The molecule has 2 aliphatic rings. The smallest absolute Gasteiger partial charge is 0.272 e. The third-order valence-electron chi connectivity index (χ3n) is 5.34. The summed E-state index contributed by atoms with van der Waals surface area (Å²) in [6.07, 6.45) is 8.38. The zero-order chi connectivity index (χ0) is 18.7. The van der Waals surface area contributed by atoms with Gasteiger partial charge >= 0.3 is 5.69 Å². The number of aromatic nitrogens is 3. The van der Waals surface area contributed by atoms with E-state index in [-0.39, 0.29) is 16.7 Å². The van der Waals surface area contributed by atoms with Crippen LogP contribution in [0, 0.1) is 11.8 Å². The third kappa shape index (κ3) is 4.25. The van der Waals surface area contributed by atoms with E-state index in [9.17, 15) is 14.4 Å². The minimum atomic E-state index is -0.493. The number of hydrogen-bond donors (Lipinski definition) is 1. The van der Waals surface area contributed by atoms with Gasteiger partial charge < -0.3 is 0 Å². The van der Waals surface area contributed by atoms with Gasteiger partial charge in [0.2, 0.25) is 5.91 Å². The Hall–Kier alpha value is -1.90. The van der Waals surface area contributed by atoms with Crippen molar-refractivity contribution in [2.24, 2.45) is 31.0 Å². The van der Waals surface area contributed by atoms with Crippen molar-refractivity contribution in [2.45, 2.75) is 50.0 Å². The van der Waals surface area contributed by atoms with E-state index in [1.54, 1.807) is 0 Å². The largest absolute Gasteiger partial charge is 0.346 e. The van der Waals surface area contributed by atoms with Gasteiger partial charge in [0, 0.05) is 19.8 Å². The van der Waals surface area contributed by atoms with Gasteiger partial charge in [-0.3, -0.25) is 14.2 Å². The average molecular weight is 379 g/mol. The van der Waals surface area contributed by atoms with E-state index in [4.69, 9.17) is 0 Å². The van der Waals surface area contributed by atoms with E-state index in [2.05, 4.69) is 15.6 Å². The number of nitrogens with zero attached hydrogens (tertiary/aromatic N) is 4. The Bertz CT molecular complexity index is 829. The van der Waals surface area contributed by atoms with Crippen molar-refractivity contribution in [3.8, 4) is 0 Å². The van der Waals surface area contributed by atoms with Crippen molar-refractivity contribution < 1.29 is 4.79 Å². The van der Waals surface area contributed by atoms with E-state index in [0.29, 0.717) is 0 Å². The molecule has 8 nitrogen and oxygen atoms in total. The van der Waals surface area contributed by atoms with Gasteiger partial charge in [0.1, 0.15) is 0 Å². The van der Waals surface area contributed by atoms with Crippen LogP contribution in [0.3, 0.4) is 0 Å². The first-order valence-electron chi connectivity index (χ1n) is 9.07. The zero-order valence-corrected chi connectivity index (χ0v) is 16.0. The van der Waals surface area contributed by atoms with Gasteiger partial charge in [-0.1, -0.05) is 31.0 Å². The predicted octanol–water partition coefficient (Wildman–Crippen LogP) is 1.03. The molecular weight excluding hydrogens is 354 g/mol. The number of amides is 1. The second-order valence-electron chi connectivity index (χ2n) is 7.12. The second kappa shape index (κ2) is 8.20. The number of hydrazone groups is 1. The summed E-state index contributed by atoms with van der Waals surface area (Å²) in [4.78, 5) is 35.7. The molecule has 2 saturated carbocycles. The maximum absolute atomic E-state index is 12.0. The van der Waals surface area contributed by atoms with Crippen molar-refractivity contribution in [1.82, 2.24) is 19.8 Å². The first-order chi connectivity index (χ1) is 12.5. The van der Waals surface area contributed by atoms with Crippen LogP contribution < -0.4 is 16.7 Å².